The van der Waals surface area contributed by atoms with E-state index in [0.717, 1.165) is 89.0 Å². The van der Waals surface area contributed by atoms with E-state index in [-0.39, 0.29) is 35.8 Å². The lowest BCUT2D eigenvalue weighted by molar-refractivity contribution is 0.238. The summed E-state index contributed by atoms with van der Waals surface area (Å²) >= 11 is 0. The molecule has 10 rings (SSSR count). The normalized spacial score (nSPS) is 15.6. The first-order chi connectivity index (χ1) is 25.9. The molecule has 0 saturated heterocycles. The second kappa shape index (κ2) is 10.7. The molecule has 1 aromatic heterocycles. The summed E-state index contributed by atoms with van der Waals surface area (Å²) in [5.41, 5.74) is 8.70. The van der Waals surface area contributed by atoms with Crippen LogP contribution in [0.15, 0.2) is 168 Å². The summed E-state index contributed by atoms with van der Waals surface area (Å²) in [4.78, 5) is 0. The zero-order valence-electron chi connectivity index (χ0n) is 30.8. The van der Waals surface area contributed by atoms with Crippen LogP contribution in [-0.2, 0) is 6.42 Å². The second-order valence-electron chi connectivity index (χ2n) is 12.4. The molecule has 0 aliphatic carbocycles. The van der Waals surface area contributed by atoms with Crippen LogP contribution >= 0.6 is 0 Å². The van der Waals surface area contributed by atoms with Gasteiger partial charge in [0, 0.05) is 17.2 Å². The predicted octanol–water partition coefficient (Wildman–Crippen LogP) is 12.6. The van der Waals surface area contributed by atoms with E-state index >= 15 is 0 Å². The van der Waals surface area contributed by atoms with Crippen LogP contribution in [0.25, 0.3) is 76.9 Å². The topological polar surface area (TPSA) is 22.4 Å². The average molecular weight is 620 g/mol. The Labute approximate surface area is 285 Å². The molecule has 0 fully saturated rings. The Morgan fingerprint density at radius 2 is 1.17 bits per heavy atom. The molecular formula is C46H30O2. The first-order valence-corrected chi connectivity index (χ1v) is 16.2. The summed E-state index contributed by atoms with van der Waals surface area (Å²) in [5, 5.41) is 5.40. The van der Waals surface area contributed by atoms with E-state index in [1.165, 1.54) is 0 Å². The zero-order chi connectivity index (χ0) is 36.0. The van der Waals surface area contributed by atoms with Crippen LogP contribution in [0.5, 0.6) is 5.75 Å². The minimum absolute atomic E-state index is 0.0332. The van der Waals surface area contributed by atoms with Gasteiger partial charge < -0.3 is 9.15 Å². The van der Waals surface area contributed by atoms with E-state index in [4.69, 9.17) is 16.0 Å². The fourth-order valence-electron chi connectivity index (χ4n) is 7.56. The highest BCUT2D eigenvalue weighted by molar-refractivity contribution is 6.26. The minimum atomic E-state index is -0.409. The van der Waals surface area contributed by atoms with E-state index < -0.39 is 6.04 Å². The first kappa shape index (κ1) is 22.4. The standard InChI is InChI=1S/C46H30O2/c1-3-13-29(14-4-1)42-28-33-25-31(23-24-40(33)47-42)32-26-39(46-38-21-11-12-22-41(38)48-43(46)27-32)45-36-19-9-7-17-34(36)44(30-15-5-2-6-16-30)35-18-8-10-20-37(35)45/h1-27,42H,28H2/i2D,5D,6D,15D,16D. The lowest BCUT2D eigenvalue weighted by Gasteiger charge is -2.19. The Bertz CT molecular complexity index is 2880. The monoisotopic (exact) mass is 619 g/mol. The van der Waals surface area contributed by atoms with E-state index in [1.807, 2.05) is 72.8 Å². The van der Waals surface area contributed by atoms with E-state index in [2.05, 4.69) is 60.7 Å². The van der Waals surface area contributed by atoms with E-state index in [1.54, 1.807) is 0 Å². The number of fused-ring (bicyclic) bond motifs is 6. The molecule has 1 unspecified atom stereocenters. The zero-order valence-corrected chi connectivity index (χ0v) is 25.8. The van der Waals surface area contributed by atoms with Gasteiger partial charge in [0.25, 0.3) is 0 Å². The van der Waals surface area contributed by atoms with Crippen molar-refractivity contribution in [3.05, 3.63) is 175 Å². The molecule has 9 aromatic rings. The van der Waals surface area contributed by atoms with Crippen molar-refractivity contribution in [2.75, 3.05) is 0 Å². The molecule has 8 aromatic carbocycles. The molecular weight excluding hydrogens is 585 g/mol. The highest BCUT2D eigenvalue weighted by Crippen LogP contribution is 2.48. The third-order valence-electron chi connectivity index (χ3n) is 9.67. The third kappa shape index (κ3) is 4.19. The quantitative estimate of drug-likeness (QED) is 0.183. The maximum Gasteiger partial charge on any atom is 0.136 e. The Morgan fingerprint density at radius 3 is 1.90 bits per heavy atom. The number of hydrogen-bond donors (Lipinski definition) is 0. The molecule has 2 nitrogen and oxygen atoms in total. The van der Waals surface area contributed by atoms with Crippen LogP contribution in [-0.4, -0.2) is 0 Å². The molecule has 0 N–H and O–H groups in total. The van der Waals surface area contributed by atoms with Crippen molar-refractivity contribution in [3.63, 3.8) is 0 Å². The van der Waals surface area contributed by atoms with E-state index in [0.29, 0.717) is 5.56 Å². The van der Waals surface area contributed by atoms with Crippen LogP contribution < -0.4 is 4.74 Å². The van der Waals surface area contributed by atoms with Crippen molar-refractivity contribution < 1.29 is 16.0 Å². The van der Waals surface area contributed by atoms with Crippen LogP contribution in [0.4, 0.5) is 0 Å². The molecule has 2 heterocycles. The molecule has 1 atom stereocenters. The van der Waals surface area contributed by atoms with Gasteiger partial charge in [0.15, 0.2) is 0 Å². The van der Waals surface area contributed by atoms with Crippen LogP contribution in [0.1, 0.15) is 24.1 Å². The van der Waals surface area contributed by atoms with Crippen molar-refractivity contribution in [3.8, 4) is 39.1 Å². The van der Waals surface area contributed by atoms with E-state index in [9.17, 15) is 0 Å². The van der Waals surface area contributed by atoms with Gasteiger partial charge in [-0.05, 0) is 96.4 Å². The van der Waals surface area contributed by atoms with Crippen molar-refractivity contribution >= 4 is 43.5 Å². The SMILES string of the molecule is [2H]c1c([2H])c([2H])c(-c2c3ccccc3c(-c3cc(-c4ccc5c(c4)CC(c4ccccc4)O5)cc4oc5ccccc5c34)c3ccccc23)c([2H])c1[2H]. The van der Waals surface area contributed by atoms with Gasteiger partial charge in [0.1, 0.15) is 23.0 Å². The fourth-order valence-corrected chi connectivity index (χ4v) is 7.56. The number of furan rings is 1. The largest absolute Gasteiger partial charge is 0.485 e. The molecule has 226 valence electrons. The van der Waals surface area contributed by atoms with Crippen molar-refractivity contribution in [1.29, 1.82) is 0 Å². The van der Waals surface area contributed by atoms with Gasteiger partial charge in [0.2, 0.25) is 0 Å². The Morgan fingerprint density at radius 1 is 0.521 bits per heavy atom. The number of ether oxygens (including phenoxy) is 1. The van der Waals surface area contributed by atoms with Crippen LogP contribution in [0.2, 0.25) is 0 Å². The summed E-state index contributed by atoms with van der Waals surface area (Å²) in [6.45, 7) is 0. The summed E-state index contributed by atoms with van der Waals surface area (Å²) in [6.07, 6.45) is 0.745. The van der Waals surface area contributed by atoms with Crippen LogP contribution in [0.3, 0.4) is 0 Å². The third-order valence-corrected chi connectivity index (χ3v) is 9.67. The highest BCUT2D eigenvalue weighted by atomic mass is 16.5. The highest BCUT2D eigenvalue weighted by Gasteiger charge is 2.26. The first-order valence-electron chi connectivity index (χ1n) is 18.7. The summed E-state index contributed by atoms with van der Waals surface area (Å²) in [6, 6.07) is 43.6. The minimum Gasteiger partial charge on any atom is -0.485 e. The second-order valence-corrected chi connectivity index (χ2v) is 12.4. The van der Waals surface area contributed by atoms with Crippen LogP contribution in [0, 0.1) is 0 Å². The number of hydrogen-bond acceptors (Lipinski definition) is 2. The van der Waals surface area contributed by atoms with Gasteiger partial charge in [0.05, 0.1) is 6.85 Å². The molecule has 0 spiro atoms. The number of para-hydroxylation sites is 1. The van der Waals surface area contributed by atoms with Gasteiger partial charge in [-0.15, -0.1) is 0 Å². The molecule has 0 bridgehead atoms. The summed E-state index contributed by atoms with van der Waals surface area (Å²) in [5.74, 6) is 0.896. The molecule has 1 aliphatic heterocycles. The Kier molecular flexibility index (Phi) is 5.01. The lowest BCUT2D eigenvalue weighted by atomic mass is 9.84. The summed E-state index contributed by atoms with van der Waals surface area (Å²) < 4.78 is 56.2. The molecule has 48 heavy (non-hydrogen) atoms. The molecule has 1 aliphatic rings. The molecule has 0 radical (unpaired) electrons. The number of benzene rings is 8. The molecule has 2 heteroatoms. The van der Waals surface area contributed by atoms with Gasteiger partial charge in [-0.25, -0.2) is 0 Å². The fraction of sp³-hybridized carbons (Fsp3) is 0.0435. The molecule has 0 amide bonds. The van der Waals surface area contributed by atoms with Crippen molar-refractivity contribution in [2.45, 2.75) is 12.5 Å². The Hall–Kier alpha value is -6.12. The van der Waals surface area contributed by atoms with Gasteiger partial charge in [-0.3, -0.25) is 0 Å². The van der Waals surface area contributed by atoms with Gasteiger partial charge >= 0.3 is 0 Å². The van der Waals surface area contributed by atoms with Gasteiger partial charge in [-0.2, -0.15) is 0 Å². The maximum atomic E-state index is 8.96. The predicted molar refractivity (Wildman–Crippen MR) is 199 cm³/mol. The lowest BCUT2D eigenvalue weighted by Crippen LogP contribution is -2.02. The smallest absolute Gasteiger partial charge is 0.136 e. The summed E-state index contributed by atoms with van der Waals surface area (Å²) in [7, 11) is 0. The van der Waals surface area contributed by atoms with Crippen molar-refractivity contribution in [2.24, 2.45) is 0 Å². The van der Waals surface area contributed by atoms with Crippen molar-refractivity contribution in [1.82, 2.24) is 0 Å². The van der Waals surface area contributed by atoms with Gasteiger partial charge in [-0.1, -0.05) is 133 Å². The maximum absolute atomic E-state index is 8.96. The average Bonchev–Trinajstić information content (AvgIpc) is 3.81. The Balaban J connectivity index is 1.26. The molecule has 0 saturated carbocycles. The number of rotatable bonds is 4.